The third-order valence-corrected chi connectivity index (χ3v) is 2.97. The van der Waals surface area contributed by atoms with Crippen LogP contribution < -0.4 is 0 Å². The van der Waals surface area contributed by atoms with Crippen LogP contribution in [0.4, 0.5) is 0 Å². The van der Waals surface area contributed by atoms with Crippen molar-refractivity contribution in [3.05, 3.63) is 70.2 Å². The van der Waals surface area contributed by atoms with E-state index in [4.69, 9.17) is 5.21 Å². The molecular formula is C13H10BrNO. The minimum Gasteiger partial charge on any atom is -0.410 e. The number of rotatable bonds is 2. The highest BCUT2D eigenvalue weighted by molar-refractivity contribution is 9.10. The zero-order valence-electron chi connectivity index (χ0n) is 8.47. The van der Waals surface area contributed by atoms with Crippen molar-refractivity contribution >= 4 is 21.6 Å². The highest BCUT2D eigenvalue weighted by Crippen LogP contribution is 2.20. The molecule has 80 valence electrons. The van der Waals surface area contributed by atoms with Gasteiger partial charge in [-0.15, -0.1) is 0 Å². The summed E-state index contributed by atoms with van der Waals surface area (Å²) in [5.74, 6) is 0. The van der Waals surface area contributed by atoms with E-state index in [1.807, 2.05) is 54.6 Å². The second-order valence-corrected chi connectivity index (χ2v) is 4.15. The van der Waals surface area contributed by atoms with E-state index in [1.54, 1.807) is 0 Å². The Morgan fingerprint density at radius 2 is 1.56 bits per heavy atom. The molecule has 0 radical (unpaired) electrons. The molecule has 0 saturated heterocycles. The van der Waals surface area contributed by atoms with Crippen molar-refractivity contribution in [2.45, 2.75) is 0 Å². The normalized spacial score (nSPS) is 11.4. The molecule has 0 aliphatic carbocycles. The van der Waals surface area contributed by atoms with Gasteiger partial charge in [-0.25, -0.2) is 0 Å². The molecule has 0 saturated carbocycles. The van der Waals surface area contributed by atoms with Crippen LogP contribution in [0.15, 0.2) is 64.2 Å². The summed E-state index contributed by atoms with van der Waals surface area (Å²) in [6, 6.07) is 17.2. The maximum Gasteiger partial charge on any atom is 0.118 e. The molecule has 0 aliphatic rings. The summed E-state index contributed by atoms with van der Waals surface area (Å²) >= 11 is 3.44. The summed E-state index contributed by atoms with van der Waals surface area (Å²) in [6.07, 6.45) is 0. The van der Waals surface area contributed by atoms with E-state index in [1.165, 1.54) is 0 Å². The maximum absolute atomic E-state index is 9.12. The molecule has 0 aliphatic heterocycles. The van der Waals surface area contributed by atoms with Crippen molar-refractivity contribution in [1.82, 2.24) is 0 Å². The lowest BCUT2D eigenvalue weighted by atomic mass is 10.0. The van der Waals surface area contributed by atoms with Crippen molar-refractivity contribution in [1.29, 1.82) is 0 Å². The maximum atomic E-state index is 9.12. The van der Waals surface area contributed by atoms with Gasteiger partial charge in [0.2, 0.25) is 0 Å². The smallest absolute Gasteiger partial charge is 0.118 e. The van der Waals surface area contributed by atoms with E-state index in [2.05, 4.69) is 21.1 Å². The number of nitrogens with zero attached hydrogens (tertiary/aromatic N) is 1. The van der Waals surface area contributed by atoms with E-state index >= 15 is 0 Å². The van der Waals surface area contributed by atoms with Gasteiger partial charge in [0.15, 0.2) is 0 Å². The number of benzene rings is 2. The molecule has 2 rings (SSSR count). The second kappa shape index (κ2) is 4.94. The van der Waals surface area contributed by atoms with Crippen LogP contribution in [0.2, 0.25) is 0 Å². The molecular weight excluding hydrogens is 266 g/mol. The minimum absolute atomic E-state index is 0.563. The third kappa shape index (κ3) is 2.14. The lowest BCUT2D eigenvalue weighted by molar-refractivity contribution is 0.319. The first-order chi connectivity index (χ1) is 7.83. The van der Waals surface area contributed by atoms with Gasteiger partial charge in [0.05, 0.1) is 0 Å². The molecule has 16 heavy (non-hydrogen) atoms. The number of hydrogen-bond donors (Lipinski definition) is 1. The van der Waals surface area contributed by atoms with Crippen LogP contribution in [0.5, 0.6) is 0 Å². The van der Waals surface area contributed by atoms with E-state index in [0.29, 0.717) is 5.71 Å². The fourth-order valence-electron chi connectivity index (χ4n) is 1.52. The van der Waals surface area contributed by atoms with Crippen molar-refractivity contribution in [2.24, 2.45) is 5.16 Å². The minimum atomic E-state index is 0.563. The summed E-state index contributed by atoms with van der Waals surface area (Å²) in [6.45, 7) is 0. The molecule has 0 unspecified atom stereocenters. The SMILES string of the molecule is O/N=C(/c1ccccc1)c1ccccc1Br. The summed E-state index contributed by atoms with van der Waals surface area (Å²) in [7, 11) is 0. The largest absolute Gasteiger partial charge is 0.410 e. The van der Waals surface area contributed by atoms with E-state index in [9.17, 15) is 0 Å². The zero-order chi connectivity index (χ0) is 11.4. The highest BCUT2D eigenvalue weighted by Gasteiger charge is 2.09. The van der Waals surface area contributed by atoms with E-state index < -0.39 is 0 Å². The molecule has 3 heteroatoms. The Balaban J connectivity index is 2.51. The highest BCUT2D eigenvalue weighted by atomic mass is 79.9. The second-order valence-electron chi connectivity index (χ2n) is 3.29. The Morgan fingerprint density at radius 1 is 0.938 bits per heavy atom. The van der Waals surface area contributed by atoms with Crippen molar-refractivity contribution in [2.75, 3.05) is 0 Å². The van der Waals surface area contributed by atoms with Crippen LogP contribution in [0.1, 0.15) is 11.1 Å². The Bertz CT molecular complexity index is 508. The van der Waals surface area contributed by atoms with Gasteiger partial charge in [0.25, 0.3) is 0 Å². The lowest BCUT2D eigenvalue weighted by Crippen LogP contribution is -2.03. The topological polar surface area (TPSA) is 32.6 Å². The standard InChI is InChI=1S/C13H10BrNO/c14-12-9-5-4-8-11(12)13(15-16)10-6-2-1-3-7-10/h1-9,16H/b15-13-. The lowest BCUT2D eigenvalue weighted by Gasteiger charge is -2.06. The van der Waals surface area contributed by atoms with Crippen LogP contribution >= 0.6 is 15.9 Å². The predicted octanol–water partition coefficient (Wildman–Crippen LogP) is 3.68. The zero-order valence-corrected chi connectivity index (χ0v) is 10.1. The Kier molecular flexibility index (Phi) is 3.37. The summed E-state index contributed by atoms with van der Waals surface area (Å²) in [5.41, 5.74) is 2.32. The van der Waals surface area contributed by atoms with Crippen molar-refractivity contribution < 1.29 is 5.21 Å². The van der Waals surface area contributed by atoms with Gasteiger partial charge in [-0.2, -0.15) is 0 Å². The number of oxime groups is 1. The first-order valence-corrected chi connectivity index (χ1v) is 5.64. The summed E-state index contributed by atoms with van der Waals surface area (Å²) in [4.78, 5) is 0. The quantitative estimate of drug-likeness (QED) is 0.506. The fraction of sp³-hybridized carbons (Fsp3) is 0. The van der Waals surface area contributed by atoms with Gasteiger partial charge < -0.3 is 5.21 Å². The molecule has 1 N–H and O–H groups in total. The Hall–Kier alpha value is -1.61. The molecule has 0 aromatic heterocycles. The summed E-state index contributed by atoms with van der Waals surface area (Å²) in [5, 5.41) is 12.5. The van der Waals surface area contributed by atoms with Gasteiger partial charge in [0, 0.05) is 15.6 Å². The van der Waals surface area contributed by atoms with E-state index in [0.717, 1.165) is 15.6 Å². The number of halogens is 1. The molecule has 2 aromatic rings. The molecule has 0 spiro atoms. The molecule has 2 nitrogen and oxygen atoms in total. The monoisotopic (exact) mass is 275 g/mol. The van der Waals surface area contributed by atoms with Gasteiger partial charge in [-0.3, -0.25) is 0 Å². The van der Waals surface area contributed by atoms with Gasteiger partial charge in [-0.05, 0) is 6.07 Å². The first-order valence-electron chi connectivity index (χ1n) is 4.85. The van der Waals surface area contributed by atoms with Crippen LogP contribution in [-0.4, -0.2) is 10.9 Å². The molecule has 0 bridgehead atoms. The van der Waals surface area contributed by atoms with E-state index in [-0.39, 0.29) is 0 Å². The van der Waals surface area contributed by atoms with Gasteiger partial charge in [0.1, 0.15) is 5.71 Å². The molecule has 0 amide bonds. The average molecular weight is 276 g/mol. The fourth-order valence-corrected chi connectivity index (χ4v) is 1.99. The molecule has 2 aromatic carbocycles. The number of hydrogen-bond acceptors (Lipinski definition) is 2. The Morgan fingerprint density at radius 3 is 2.19 bits per heavy atom. The molecule has 0 heterocycles. The van der Waals surface area contributed by atoms with Gasteiger partial charge >= 0.3 is 0 Å². The van der Waals surface area contributed by atoms with Crippen LogP contribution in [-0.2, 0) is 0 Å². The van der Waals surface area contributed by atoms with Crippen LogP contribution in [0, 0.1) is 0 Å². The van der Waals surface area contributed by atoms with Gasteiger partial charge in [-0.1, -0.05) is 69.6 Å². The van der Waals surface area contributed by atoms with Crippen LogP contribution in [0.25, 0.3) is 0 Å². The Labute approximate surface area is 102 Å². The third-order valence-electron chi connectivity index (χ3n) is 2.28. The van der Waals surface area contributed by atoms with Crippen molar-refractivity contribution in [3.63, 3.8) is 0 Å². The van der Waals surface area contributed by atoms with Crippen LogP contribution in [0.3, 0.4) is 0 Å². The average Bonchev–Trinajstić information content (AvgIpc) is 2.34. The first kappa shape index (κ1) is 10.9. The summed E-state index contributed by atoms with van der Waals surface area (Å²) < 4.78 is 0.909. The molecule has 0 fully saturated rings. The van der Waals surface area contributed by atoms with Crippen molar-refractivity contribution in [3.8, 4) is 0 Å². The predicted molar refractivity (Wildman–Crippen MR) is 68.0 cm³/mol. The molecule has 0 atom stereocenters.